The summed E-state index contributed by atoms with van der Waals surface area (Å²) in [5, 5.41) is 0. The van der Waals surface area contributed by atoms with E-state index >= 15 is 0 Å². The van der Waals surface area contributed by atoms with Crippen LogP contribution in [0.4, 0.5) is 5.69 Å². The quantitative estimate of drug-likeness (QED) is 0.572. The predicted molar refractivity (Wildman–Crippen MR) is 83.3 cm³/mol. The molecule has 1 aromatic carbocycles. The molecular formula is C14H16N6O. The Hall–Kier alpha value is -3.09. The van der Waals surface area contributed by atoms with Crippen LogP contribution < -0.4 is 21.9 Å². The van der Waals surface area contributed by atoms with Crippen LogP contribution >= 0.6 is 0 Å². The largest absolute Gasteiger partial charge is 0.481 e. The second-order valence-electron chi connectivity index (χ2n) is 4.12. The summed E-state index contributed by atoms with van der Waals surface area (Å²) in [6.07, 6.45) is 0. The minimum absolute atomic E-state index is 0.00856. The highest BCUT2D eigenvalue weighted by atomic mass is 16.5. The highest BCUT2D eigenvalue weighted by Gasteiger charge is 2.02. The van der Waals surface area contributed by atoms with Crippen molar-refractivity contribution in [1.29, 1.82) is 0 Å². The van der Waals surface area contributed by atoms with Gasteiger partial charge in [0.25, 0.3) is 0 Å². The molecule has 0 amide bonds. The first kappa shape index (κ1) is 14.3. The molecule has 108 valence electrons. The van der Waals surface area contributed by atoms with E-state index < -0.39 is 0 Å². The summed E-state index contributed by atoms with van der Waals surface area (Å²) in [5.41, 5.74) is 18.4. The molecule has 0 aliphatic heterocycles. The van der Waals surface area contributed by atoms with E-state index in [0.717, 1.165) is 11.3 Å². The van der Waals surface area contributed by atoms with Gasteiger partial charge >= 0.3 is 0 Å². The number of nitrogens with two attached hydrogens (primary N) is 3. The number of nitrogens with zero attached hydrogens (tertiary/aromatic N) is 3. The van der Waals surface area contributed by atoms with Crippen LogP contribution in [0.25, 0.3) is 11.3 Å². The molecule has 0 aliphatic rings. The first-order valence-corrected chi connectivity index (χ1v) is 6.14. The van der Waals surface area contributed by atoms with Gasteiger partial charge in [-0.05, 0) is 18.2 Å². The van der Waals surface area contributed by atoms with E-state index in [9.17, 15) is 0 Å². The lowest BCUT2D eigenvalue weighted by molar-refractivity contribution is 0.398. The molecule has 0 unspecified atom stereocenters. The molecular weight excluding hydrogens is 268 g/mol. The predicted octanol–water partition coefficient (Wildman–Crippen LogP) is 0.977. The van der Waals surface area contributed by atoms with Gasteiger partial charge in [-0.2, -0.15) is 4.99 Å². The van der Waals surface area contributed by atoms with Crippen LogP contribution in [0.1, 0.15) is 0 Å². The summed E-state index contributed by atoms with van der Waals surface area (Å²) in [7, 11) is 1.57. The molecule has 21 heavy (non-hydrogen) atoms. The third-order valence-corrected chi connectivity index (χ3v) is 2.56. The lowest BCUT2D eigenvalue weighted by atomic mass is 10.1. The van der Waals surface area contributed by atoms with Gasteiger partial charge in [0.1, 0.15) is 0 Å². The van der Waals surface area contributed by atoms with E-state index in [2.05, 4.69) is 15.0 Å². The summed E-state index contributed by atoms with van der Waals surface area (Å²) >= 11 is 0. The van der Waals surface area contributed by atoms with Crippen molar-refractivity contribution in [3.8, 4) is 17.1 Å². The number of methoxy groups -OCH3 is 1. The van der Waals surface area contributed by atoms with E-state index in [1.807, 2.05) is 30.3 Å². The Labute approximate surface area is 122 Å². The van der Waals surface area contributed by atoms with Gasteiger partial charge in [-0.1, -0.05) is 18.2 Å². The van der Waals surface area contributed by atoms with Gasteiger partial charge in [0.15, 0.2) is 5.96 Å². The van der Waals surface area contributed by atoms with Gasteiger partial charge in [0, 0.05) is 11.6 Å². The van der Waals surface area contributed by atoms with E-state index in [4.69, 9.17) is 21.9 Å². The summed E-state index contributed by atoms with van der Waals surface area (Å²) in [4.78, 5) is 12.1. The first-order chi connectivity index (χ1) is 10.1. The first-order valence-electron chi connectivity index (χ1n) is 6.14. The number of pyridine rings is 1. The molecule has 0 atom stereocenters. The van der Waals surface area contributed by atoms with E-state index in [0.29, 0.717) is 11.6 Å². The maximum atomic E-state index is 5.61. The molecule has 2 aromatic rings. The van der Waals surface area contributed by atoms with Crippen LogP contribution in [-0.2, 0) is 0 Å². The van der Waals surface area contributed by atoms with E-state index in [1.54, 1.807) is 19.2 Å². The number of hydrogen-bond donors (Lipinski definition) is 3. The van der Waals surface area contributed by atoms with Crippen molar-refractivity contribution in [2.45, 2.75) is 0 Å². The fraction of sp³-hybridized carbons (Fsp3) is 0.0714. The number of guanidine groups is 2. The maximum absolute atomic E-state index is 5.61. The normalized spacial score (nSPS) is 11.0. The van der Waals surface area contributed by atoms with Crippen LogP contribution in [0.5, 0.6) is 5.88 Å². The maximum Gasteiger partial charge on any atom is 0.223 e. The van der Waals surface area contributed by atoms with Crippen LogP contribution in [0.3, 0.4) is 0 Å². The van der Waals surface area contributed by atoms with Crippen molar-refractivity contribution < 1.29 is 4.74 Å². The minimum atomic E-state index is -0.137. The van der Waals surface area contributed by atoms with Gasteiger partial charge in [-0.25, -0.2) is 9.98 Å². The monoisotopic (exact) mass is 284 g/mol. The zero-order chi connectivity index (χ0) is 15.2. The second-order valence-corrected chi connectivity index (χ2v) is 4.12. The van der Waals surface area contributed by atoms with Gasteiger partial charge in [-0.15, -0.1) is 0 Å². The number of aromatic nitrogens is 1. The van der Waals surface area contributed by atoms with Crippen LogP contribution in [0.2, 0.25) is 0 Å². The van der Waals surface area contributed by atoms with Gasteiger partial charge in [-0.3, -0.25) is 0 Å². The fourth-order valence-electron chi connectivity index (χ4n) is 1.71. The number of hydrogen-bond acceptors (Lipinski definition) is 3. The highest BCUT2D eigenvalue weighted by molar-refractivity contribution is 5.93. The van der Waals surface area contributed by atoms with Crippen LogP contribution in [0.15, 0.2) is 52.4 Å². The van der Waals surface area contributed by atoms with Gasteiger partial charge in [0.2, 0.25) is 11.8 Å². The molecule has 2 rings (SSSR count). The number of aliphatic imine (C=N–C) groups is 2. The molecule has 7 heteroatoms. The third-order valence-electron chi connectivity index (χ3n) is 2.56. The minimum Gasteiger partial charge on any atom is -0.481 e. The Morgan fingerprint density at radius 3 is 2.57 bits per heavy atom. The van der Waals surface area contributed by atoms with Crippen LogP contribution in [-0.4, -0.2) is 24.0 Å². The van der Waals surface area contributed by atoms with E-state index in [1.165, 1.54) is 0 Å². The zero-order valence-electron chi connectivity index (χ0n) is 11.5. The lowest BCUT2D eigenvalue weighted by Gasteiger charge is -2.04. The second kappa shape index (κ2) is 6.38. The Balaban J connectivity index is 2.35. The molecule has 7 nitrogen and oxygen atoms in total. The zero-order valence-corrected chi connectivity index (χ0v) is 11.5. The van der Waals surface area contributed by atoms with E-state index in [-0.39, 0.29) is 11.9 Å². The average molecular weight is 284 g/mol. The van der Waals surface area contributed by atoms with Gasteiger partial charge in [0.05, 0.1) is 18.5 Å². The van der Waals surface area contributed by atoms with Crippen molar-refractivity contribution in [2.24, 2.45) is 27.2 Å². The molecule has 0 spiro atoms. The fourth-order valence-corrected chi connectivity index (χ4v) is 1.71. The van der Waals surface area contributed by atoms with Gasteiger partial charge < -0.3 is 21.9 Å². The molecule has 1 aromatic heterocycles. The molecule has 0 radical (unpaired) electrons. The molecule has 0 bridgehead atoms. The summed E-state index contributed by atoms with van der Waals surface area (Å²) in [5.74, 6) is 0.397. The topological polar surface area (TPSA) is 125 Å². The molecule has 0 aliphatic carbocycles. The number of ether oxygens (including phenoxy) is 1. The summed E-state index contributed by atoms with van der Waals surface area (Å²) in [6.45, 7) is 0. The highest BCUT2D eigenvalue weighted by Crippen LogP contribution is 2.24. The number of rotatable bonds is 3. The lowest BCUT2D eigenvalue weighted by Crippen LogP contribution is -2.26. The summed E-state index contributed by atoms with van der Waals surface area (Å²) < 4.78 is 5.11. The van der Waals surface area contributed by atoms with Crippen molar-refractivity contribution >= 4 is 17.6 Å². The SMILES string of the molecule is COc1cccc(-c2cccc(N=C(N)N=C(N)N)c2)n1. The third kappa shape index (κ3) is 3.93. The molecule has 0 fully saturated rings. The summed E-state index contributed by atoms with van der Waals surface area (Å²) in [6, 6.07) is 12.9. The Bertz CT molecular complexity index is 691. The van der Waals surface area contributed by atoms with Crippen molar-refractivity contribution in [2.75, 3.05) is 7.11 Å². The van der Waals surface area contributed by atoms with Crippen LogP contribution in [0, 0.1) is 0 Å². The Kier molecular flexibility index (Phi) is 4.35. The molecule has 6 N–H and O–H groups in total. The Morgan fingerprint density at radius 2 is 1.86 bits per heavy atom. The molecule has 0 saturated carbocycles. The molecule has 1 heterocycles. The standard InChI is InChI=1S/C14H16N6O/c1-21-12-7-3-6-11(19-12)9-4-2-5-10(8-9)18-14(17)20-13(15)16/h2-8H,1H3,(H6,15,16,17,18,20). The van der Waals surface area contributed by atoms with Crippen molar-refractivity contribution in [3.63, 3.8) is 0 Å². The average Bonchev–Trinajstić information content (AvgIpc) is 2.46. The number of benzene rings is 1. The smallest absolute Gasteiger partial charge is 0.223 e. The van der Waals surface area contributed by atoms with Crippen molar-refractivity contribution in [1.82, 2.24) is 4.98 Å². The van der Waals surface area contributed by atoms with Crippen molar-refractivity contribution in [3.05, 3.63) is 42.5 Å². The molecule has 0 saturated heterocycles. The Morgan fingerprint density at radius 1 is 1.10 bits per heavy atom.